The molecule has 3 nitrogen and oxygen atoms in total. The van der Waals surface area contributed by atoms with Crippen LogP contribution in [0, 0.1) is 0 Å². The van der Waals surface area contributed by atoms with Gasteiger partial charge in [-0.2, -0.15) is 5.10 Å². The van der Waals surface area contributed by atoms with Gasteiger partial charge >= 0.3 is 0 Å². The Morgan fingerprint density at radius 2 is 2.18 bits per heavy atom. The first-order valence-corrected chi connectivity index (χ1v) is 3.66. The molecule has 0 saturated carbocycles. The average Bonchev–Trinajstić information content (AvgIpc) is 1.97. The second-order valence-corrected chi connectivity index (χ2v) is 2.41. The molecule has 0 N–H and O–H groups in total. The third-order valence-corrected chi connectivity index (χ3v) is 0.928. The summed E-state index contributed by atoms with van der Waals surface area (Å²) in [6, 6.07) is 0. The van der Waals surface area contributed by atoms with Gasteiger partial charge in [0.1, 0.15) is 0 Å². The van der Waals surface area contributed by atoms with Crippen molar-refractivity contribution in [2.45, 2.75) is 13.8 Å². The summed E-state index contributed by atoms with van der Waals surface area (Å²) in [6.07, 6.45) is 3.46. The van der Waals surface area contributed by atoms with Gasteiger partial charge in [0.15, 0.2) is 0 Å². The maximum Gasteiger partial charge on any atom is 0.0873 e. The van der Waals surface area contributed by atoms with Gasteiger partial charge < -0.3 is 9.75 Å². The summed E-state index contributed by atoms with van der Waals surface area (Å²) in [4.78, 5) is 0. The monoisotopic (exact) mass is 156 g/mol. The van der Waals surface area contributed by atoms with Crippen LogP contribution in [0.3, 0.4) is 0 Å². The number of ether oxygens (including phenoxy) is 1. The highest BCUT2D eigenvalue weighted by molar-refractivity contribution is 5.76. The van der Waals surface area contributed by atoms with E-state index in [-0.39, 0.29) is 0 Å². The summed E-state index contributed by atoms with van der Waals surface area (Å²) in [7, 11) is 3.76. The van der Waals surface area contributed by atoms with Crippen LogP contribution in [0.1, 0.15) is 13.8 Å². The number of allylic oxidation sites excluding steroid dienone is 1. The third kappa shape index (κ3) is 6.90. The van der Waals surface area contributed by atoms with Crippen molar-refractivity contribution in [3.05, 3.63) is 11.8 Å². The molecular weight excluding hydrogens is 140 g/mol. The molecule has 0 aliphatic heterocycles. The van der Waals surface area contributed by atoms with Crippen molar-refractivity contribution < 1.29 is 4.74 Å². The second-order valence-electron chi connectivity index (χ2n) is 2.41. The zero-order chi connectivity index (χ0) is 8.69. The van der Waals surface area contributed by atoms with Gasteiger partial charge in [0.2, 0.25) is 0 Å². The zero-order valence-electron chi connectivity index (χ0n) is 7.66. The lowest BCUT2D eigenvalue weighted by atomic mass is 10.4. The molecule has 0 unspecified atom stereocenters. The average molecular weight is 156 g/mol. The number of hydrogen-bond donors (Lipinski definition) is 0. The predicted molar refractivity (Wildman–Crippen MR) is 47.6 cm³/mol. The Balaban J connectivity index is 3.75. The van der Waals surface area contributed by atoms with E-state index in [1.807, 2.05) is 27.9 Å². The van der Waals surface area contributed by atoms with Crippen LogP contribution in [0.2, 0.25) is 0 Å². The Kier molecular flexibility index (Phi) is 5.25. The molecule has 3 heteroatoms. The molecule has 0 rings (SSSR count). The van der Waals surface area contributed by atoms with Crippen molar-refractivity contribution in [3.8, 4) is 0 Å². The molecule has 64 valence electrons. The van der Waals surface area contributed by atoms with E-state index in [2.05, 4.69) is 5.10 Å². The van der Waals surface area contributed by atoms with Crippen LogP contribution in [-0.4, -0.2) is 31.9 Å². The van der Waals surface area contributed by atoms with Crippen LogP contribution < -0.4 is 0 Å². The summed E-state index contributed by atoms with van der Waals surface area (Å²) in [6.45, 7) is 4.60. The van der Waals surface area contributed by atoms with Gasteiger partial charge in [0.25, 0.3) is 0 Å². The normalized spacial score (nSPS) is 12.2. The molecule has 0 aromatic rings. The van der Waals surface area contributed by atoms with Crippen molar-refractivity contribution in [3.63, 3.8) is 0 Å². The van der Waals surface area contributed by atoms with Gasteiger partial charge in [-0.05, 0) is 13.8 Å². The number of rotatable bonds is 4. The van der Waals surface area contributed by atoms with Gasteiger partial charge in [-0.15, -0.1) is 0 Å². The highest BCUT2D eigenvalue weighted by Crippen LogP contribution is 1.89. The molecule has 0 amide bonds. The van der Waals surface area contributed by atoms with Crippen LogP contribution in [0.15, 0.2) is 16.9 Å². The Bertz CT molecular complexity index is 150. The zero-order valence-corrected chi connectivity index (χ0v) is 7.66. The number of nitrogens with zero attached hydrogens (tertiary/aromatic N) is 2. The maximum atomic E-state index is 5.06. The van der Waals surface area contributed by atoms with Crippen molar-refractivity contribution in [2.75, 3.05) is 20.7 Å². The van der Waals surface area contributed by atoms with E-state index in [4.69, 9.17) is 4.74 Å². The summed E-state index contributed by atoms with van der Waals surface area (Å²) in [5, 5.41) is 5.78. The minimum atomic E-state index is 0.702. The summed E-state index contributed by atoms with van der Waals surface area (Å²) >= 11 is 0. The van der Waals surface area contributed by atoms with Crippen molar-refractivity contribution in [2.24, 2.45) is 5.10 Å². The summed E-state index contributed by atoms with van der Waals surface area (Å²) < 4.78 is 5.06. The standard InChI is InChI=1S/C8H16N2O/c1-5-11-7-8(2)6-9-10(3)4/h6-7H,5H2,1-4H3/b8-7-,9-6+. The molecular formula is C8H16N2O. The fourth-order valence-electron chi connectivity index (χ4n) is 0.452. The fraction of sp³-hybridized carbons (Fsp3) is 0.625. The molecule has 0 fully saturated rings. The van der Waals surface area contributed by atoms with E-state index in [0.717, 1.165) is 5.57 Å². The minimum Gasteiger partial charge on any atom is -0.501 e. The predicted octanol–water partition coefficient (Wildman–Crippen LogP) is 1.47. The lowest BCUT2D eigenvalue weighted by Crippen LogP contribution is -2.01. The van der Waals surface area contributed by atoms with Gasteiger partial charge in [-0.3, -0.25) is 0 Å². The largest absolute Gasteiger partial charge is 0.501 e. The Hall–Kier alpha value is -0.990. The Labute approximate surface area is 68.3 Å². The highest BCUT2D eigenvalue weighted by atomic mass is 16.5. The van der Waals surface area contributed by atoms with E-state index in [0.29, 0.717) is 6.61 Å². The lowest BCUT2D eigenvalue weighted by molar-refractivity contribution is 0.267. The summed E-state index contributed by atoms with van der Waals surface area (Å²) in [5.41, 5.74) is 1.01. The van der Waals surface area contributed by atoms with Gasteiger partial charge in [-0.25, -0.2) is 0 Å². The first-order chi connectivity index (χ1) is 5.16. The van der Waals surface area contributed by atoms with Crippen molar-refractivity contribution >= 4 is 6.21 Å². The topological polar surface area (TPSA) is 24.8 Å². The van der Waals surface area contributed by atoms with Gasteiger partial charge in [0, 0.05) is 19.7 Å². The first-order valence-electron chi connectivity index (χ1n) is 3.66. The van der Waals surface area contributed by atoms with Crippen LogP contribution in [0.5, 0.6) is 0 Å². The van der Waals surface area contributed by atoms with Crippen LogP contribution in [0.25, 0.3) is 0 Å². The number of hydrazone groups is 1. The molecule has 0 spiro atoms. The van der Waals surface area contributed by atoms with E-state index in [1.54, 1.807) is 17.5 Å². The number of hydrogen-bond acceptors (Lipinski definition) is 3. The summed E-state index contributed by atoms with van der Waals surface area (Å²) in [5.74, 6) is 0. The van der Waals surface area contributed by atoms with Crippen LogP contribution in [-0.2, 0) is 4.74 Å². The van der Waals surface area contributed by atoms with Crippen molar-refractivity contribution in [1.29, 1.82) is 0 Å². The Morgan fingerprint density at radius 3 is 2.64 bits per heavy atom. The SMILES string of the molecule is CCO/C=C(C)\C=N\N(C)C. The molecule has 0 aromatic carbocycles. The molecule has 0 heterocycles. The molecule has 0 aliphatic carbocycles. The third-order valence-electron chi connectivity index (χ3n) is 0.928. The highest BCUT2D eigenvalue weighted by Gasteiger charge is 1.82. The molecule has 11 heavy (non-hydrogen) atoms. The lowest BCUT2D eigenvalue weighted by Gasteiger charge is -2.02. The fourth-order valence-corrected chi connectivity index (χ4v) is 0.452. The maximum absolute atomic E-state index is 5.06. The van der Waals surface area contributed by atoms with E-state index >= 15 is 0 Å². The molecule has 0 bridgehead atoms. The van der Waals surface area contributed by atoms with Gasteiger partial charge in [-0.1, -0.05) is 0 Å². The quantitative estimate of drug-likeness (QED) is 0.350. The van der Waals surface area contributed by atoms with E-state index < -0.39 is 0 Å². The molecule has 0 atom stereocenters. The van der Waals surface area contributed by atoms with Crippen LogP contribution >= 0.6 is 0 Å². The first kappa shape index (κ1) is 10.0. The van der Waals surface area contributed by atoms with E-state index in [9.17, 15) is 0 Å². The Morgan fingerprint density at radius 1 is 1.55 bits per heavy atom. The van der Waals surface area contributed by atoms with E-state index in [1.165, 1.54) is 0 Å². The van der Waals surface area contributed by atoms with Crippen LogP contribution in [0.4, 0.5) is 0 Å². The molecule has 0 saturated heterocycles. The minimum absolute atomic E-state index is 0.702. The second kappa shape index (κ2) is 5.77. The smallest absolute Gasteiger partial charge is 0.0873 e. The molecule has 0 radical (unpaired) electrons. The van der Waals surface area contributed by atoms with Gasteiger partial charge in [0.05, 0.1) is 19.1 Å². The molecule has 0 aliphatic rings. The van der Waals surface area contributed by atoms with Crippen molar-refractivity contribution in [1.82, 2.24) is 5.01 Å². The molecule has 0 aromatic heterocycles.